The third-order valence-corrected chi connectivity index (χ3v) is 2.91. The van der Waals surface area contributed by atoms with Gasteiger partial charge in [-0.15, -0.1) is 0 Å². The Kier molecular flexibility index (Phi) is 3.37. The Balaban J connectivity index is 2.10. The van der Waals surface area contributed by atoms with E-state index in [0.29, 0.717) is 11.4 Å². The van der Waals surface area contributed by atoms with Crippen molar-refractivity contribution in [3.05, 3.63) is 53.9 Å². The molecule has 0 aliphatic heterocycles. The van der Waals surface area contributed by atoms with Gasteiger partial charge in [-0.3, -0.25) is 4.79 Å². The first-order valence-corrected chi connectivity index (χ1v) is 5.85. The second-order valence-electron chi connectivity index (χ2n) is 4.38. The van der Waals surface area contributed by atoms with Crippen molar-refractivity contribution < 1.29 is 4.79 Å². The van der Waals surface area contributed by atoms with Crippen LogP contribution in [0.4, 0.5) is 5.69 Å². The number of nitrogens with one attached hydrogen (secondary N) is 1. The van der Waals surface area contributed by atoms with Gasteiger partial charge in [-0.25, -0.2) is 0 Å². The topological polar surface area (TPSA) is 60.1 Å². The zero-order valence-electron chi connectivity index (χ0n) is 10.6. The number of nitrogens with zero attached hydrogens (tertiary/aromatic N) is 1. The Morgan fingerprint density at radius 1 is 1.33 bits per heavy atom. The summed E-state index contributed by atoms with van der Waals surface area (Å²) in [6, 6.07) is 11.5. The Morgan fingerprint density at radius 2 is 2.00 bits per heavy atom. The SMILES string of the molecule is CC(NC(=O)c1cc(N)cn1C)c1ccccc1. The Hall–Kier alpha value is -2.23. The molecule has 1 amide bonds. The second-order valence-corrected chi connectivity index (χ2v) is 4.38. The lowest BCUT2D eigenvalue weighted by Crippen LogP contribution is -2.28. The highest BCUT2D eigenvalue weighted by Gasteiger charge is 2.14. The standard InChI is InChI=1S/C14H17N3O/c1-10(11-6-4-3-5-7-11)16-14(18)13-8-12(15)9-17(13)2/h3-10H,15H2,1-2H3,(H,16,18). The lowest BCUT2D eigenvalue weighted by atomic mass is 10.1. The van der Waals surface area contributed by atoms with Gasteiger partial charge in [0, 0.05) is 13.2 Å². The molecule has 1 aromatic heterocycles. The van der Waals surface area contributed by atoms with E-state index in [9.17, 15) is 4.79 Å². The van der Waals surface area contributed by atoms with E-state index in [1.807, 2.05) is 37.3 Å². The molecule has 0 fully saturated rings. The number of nitrogen functional groups attached to an aromatic ring is 1. The number of hydrogen-bond donors (Lipinski definition) is 2. The molecule has 94 valence electrons. The van der Waals surface area contributed by atoms with Crippen LogP contribution in [0.15, 0.2) is 42.6 Å². The monoisotopic (exact) mass is 243 g/mol. The van der Waals surface area contributed by atoms with Crippen molar-refractivity contribution in [3.8, 4) is 0 Å². The number of carbonyl (C=O) groups is 1. The highest BCUT2D eigenvalue weighted by atomic mass is 16.2. The fourth-order valence-corrected chi connectivity index (χ4v) is 1.91. The fraction of sp³-hybridized carbons (Fsp3) is 0.214. The molecule has 1 atom stereocenters. The van der Waals surface area contributed by atoms with Crippen molar-refractivity contribution in [3.63, 3.8) is 0 Å². The summed E-state index contributed by atoms with van der Waals surface area (Å²) in [7, 11) is 1.80. The van der Waals surface area contributed by atoms with Gasteiger partial charge in [0.15, 0.2) is 0 Å². The number of amides is 1. The van der Waals surface area contributed by atoms with Crippen LogP contribution in [0, 0.1) is 0 Å². The minimum Gasteiger partial charge on any atom is -0.397 e. The molecule has 0 aliphatic rings. The summed E-state index contributed by atoms with van der Waals surface area (Å²) in [6.45, 7) is 1.96. The van der Waals surface area contributed by atoms with Crippen LogP contribution >= 0.6 is 0 Å². The van der Waals surface area contributed by atoms with Gasteiger partial charge in [-0.2, -0.15) is 0 Å². The Bertz CT molecular complexity index is 545. The third kappa shape index (κ3) is 2.53. The first-order valence-electron chi connectivity index (χ1n) is 5.85. The summed E-state index contributed by atoms with van der Waals surface area (Å²) in [5, 5.41) is 2.95. The number of carbonyl (C=O) groups excluding carboxylic acids is 1. The van der Waals surface area contributed by atoms with E-state index in [0.717, 1.165) is 5.56 Å². The molecule has 0 saturated heterocycles. The molecule has 0 bridgehead atoms. The maximum absolute atomic E-state index is 12.1. The molecule has 18 heavy (non-hydrogen) atoms. The molecule has 2 aromatic rings. The molecule has 1 aromatic carbocycles. The van der Waals surface area contributed by atoms with Crippen LogP contribution in [0.3, 0.4) is 0 Å². The fourth-order valence-electron chi connectivity index (χ4n) is 1.91. The van der Waals surface area contributed by atoms with Gasteiger partial charge in [0.25, 0.3) is 5.91 Å². The quantitative estimate of drug-likeness (QED) is 0.867. The molecule has 1 unspecified atom stereocenters. The van der Waals surface area contributed by atoms with Crippen LogP contribution in [0.1, 0.15) is 29.0 Å². The molecule has 4 nitrogen and oxygen atoms in total. The average Bonchev–Trinajstić information content (AvgIpc) is 2.69. The molecule has 0 saturated carbocycles. The van der Waals surface area contributed by atoms with Crippen LogP contribution in [-0.4, -0.2) is 10.5 Å². The number of nitrogens with two attached hydrogens (primary N) is 1. The van der Waals surface area contributed by atoms with Crippen molar-refractivity contribution in [2.75, 3.05) is 5.73 Å². The lowest BCUT2D eigenvalue weighted by molar-refractivity contribution is 0.0931. The van der Waals surface area contributed by atoms with Crippen LogP contribution in [-0.2, 0) is 7.05 Å². The van der Waals surface area contributed by atoms with Gasteiger partial charge in [-0.1, -0.05) is 30.3 Å². The maximum atomic E-state index is 12.1. The summed E-state index contributed by atoms with van der Waals surface area (Å²) in [4.78, 5) is 12.1. The van der Waals surface area contributed by atoms with Crippen LogP contribution < -0.4 is 11.1 Å². The predicted octanol–water partition coefficient (Wildman–Crippen LogP) is 2.10. The van der Waals surface area contributed by atoms with E-state index >= 15 is 0 Å². The molecular weight excluding hydrogens is 226 g/mol. The summed E-state index contributed by atoms with van der Waals surface area (Å²) >= 11 is 0. The predicted molar refractivity (Wildman–Crippen MR) is 72.1 cm³/mol. The van der Waals surface area contributed by atoms with Crippen molar-refractivity contribution >= 4 is 11.6 Å². The molecule has 3 N–H and O–H groups in total. The molecule has 0 spiro atoms. The zero-order chi connectivity index (χ0) is 13.1. The molecular formula is C14H17N3O. The van der Waals surface area contributed by atoms with Crippen molar-refractivity contribution in [2.45, 2.75) is 13.0 Å². The zero-order valence-corrected chi connectivity index (χ0v) is 10.6. The first-order chi connectivity index (χ1) is 8.58. The van der Waals surface area contributed by atoms with Crippen molar-refractivity contribution in [2.24, 2.45) is 7.05 Å². The smallest absolute Gasteiger partial charge is 0.268 e. The average molecular weight is 243 g/mol. The van der Waals surface area contributed by atoms with Gasteiger partial charge in [0.05, 0.1) is 11.7 Å². The van der Waals surface area contributed by atoms with E-state index in [4.69, 9.17) is 5.73 Å². The van der Waals surface area contributed by atoms with Gasteiger partial charge in [0.2, 0.25) is 0 Å². The van der Waals surface area contributed by atoms with Crippen LogP contribution in [0.2, 0.25) is 0 Å². The summed E-state index contributed by atoms with van der Waals surface area (Å²) in [6.07, 6.45) is 1.72. The largest absolute Gasteiger partial charge is 0.397 e. The van der Waals surface area contributed by atoms with E-state index in [1.165, 1.54) is 0 Å². The van der Waals surface area contributed by atoms with Gasteiger partial charge >= 0.3 is 0 Å². The van der Waals surface area contributed by atoms with Gasteiger partial charge in [0.1, 0.15) is 5.69 Å². The van der Waals surface area contributed by atoms with Gasteiger partial charge in [-0.05, 0) is 18.6 Å². The first kappa shape index (κ1) is 12.2. The number of rotatable bonds is 3. The molecule has 0 aliphatic carbocycles. The summed E-state index contributed by atoms with van der Waals surface area (Å²) in [5.41, 5.74) is 7.89. The van der Waals surface area contributed by atoms with Crippen molar-refractivity contribution in [1.82, 2.24) is 9.88 Å². The summed E-state index contributed by atoms with van der Waals surface area (Å²) < 4.78 is 1.72. The van der Waals surface area contributed by atoms with E-state index < -0.39 is 0 Å². The highest BCUT2D eigenvalue weighted by Crippen LogP contribution is 2.14. The number of aryl methyl sites for hydroxylation is 1. The summed E-state index contributed by atoms with van der Waals surface area (Å²) in [5.74, 6) is -0.120. The number of aromatic nitrogens is 1. The Labute approximate surface area is 106 Å². The van der Waals surface area contributed by atoms with Crippen LogP contribution in [0.25, 0.3) is 0 Å². The number of hydrogen-bond acceptors (Lipinski definition) is 2. The minimum absolute atomic E-state index is 0.0326. The number of benzene rings is 1. The minimum atomic E-state index is -0.120. The van der Waals surface area contributed by atoms with Gasteiger partial charge < -0.3 is 15.6 Å². The molecule has 2 rings (SSSR count). The van der Waals surface area contributed by atoms with E-state index in [1.54, 1.807) is 23.9 Å². The van der Waals surface area contributed by atoms with Crippen LogP contribution in [0.5, 0.6) is 0 Å². The second kappa shape index (κ2) is 4.96. The third-order valence-electron chi connectivity index (χ3n) is 2.91. The maximum Gasteiger partial charge on any atom is 0.268 e. The molecule has 4 heteroatoms. The highest BCUT2D eigenvalue weighted by molar-refractivity contribution is 5.94. The van der Waals surface area contributed by atoms with Crippen molar-refractivity contribution in [1.29, 1.82) is 0 Å². The number of anilines is 1. The Morgan fingerprint density at radius 3 is 2.56 bits per heavy atom. The molecule has 1 heterocycles. The lowest BCUT2D eigenvalue weighted by Gasteiger charge is -2.14. The van der Waals surface area contributed by atoms with E-state index in [-0.39, 0.29) is 11.9 Å². The van der Waals surface area contributed by atoms with E-state index in [2.05, 4.69) is 5.32 Å². The normalized spacial score (nSPS) is 12.1. The molecule has 0 radical (unpaired) electrons.